The number of esters is 1. The van der Waals surface area contributed by atoms with E-state index in [1.807, 2.05) is 61.5 Å². The van der Waals surface area contributed by atoms with E-state index in [1.54, 1.807) is 11.5 Å². The van der Waals surface area contributed by atoms with Crippen LogP contribution >= 0.6 is 11.3 Å². The van der Waals surface area contributed by atoms with Gasteiger partial charge < -0.3 is 9.47 Å². The molecule has 6 nitrogen and oxygen atoms in total. The van der Waals surface area contributed by atoms with Crippen LogP contribution in [0.5, 0.6) is 5.75 Å². The smallest absolute Gasteiger partial charge is 0.348 e. The Hall–Kier alpha value is -3.45. The fraction of sp³-hybridized carbons (Fsp3) is 0.269. The summed E-state index contributed by atoms with van der Waals surface area (Å²) in [6.45, 7) is 5.08. The monoisotopic (exact) mass is 462 g/mol. The molecule has 0 amide bonds. The molecule has 2 aromatic carbocycles. The third-order valence-electron chi connectivity index (χ3n) is 5.40. The molecule has 0 saturated heterocycles. The predicted octanol–water partition coefficient (Wildman–Crippen LogP) is 4.94. The van der Waals surface area contributed by atoms with Crippen molar-refractivity contribution in [2.75, 3.05) is 13.2 Å². The highest BCUT2D eigenvalue weighted by molar-refractivity contribution is 7.20. The molecule has 0 bridgehead atoms. The van der Waals surface area contributed by atoms with Crippen molar-refractivity contribution in [3.63, 3.8) is 0 Å². The highest BCUT2D eigenvalue weighted by Crippen LogP contribution is 2.27. The summed E-state index contributed by atoms with van der Waals surface area (Å²) < 4.78 is 12.8. The Labute approximate surface area is 196 Å². The SMILES string of the molecule is Cc1ccc(OCCCn2cnc3sc(C(=O)OCCc4ccccc4)c(C)c3c2=O)cc1. The summed E-state index contributed by atoms with van der Waals surface area (Å²) in [5, 5.41) is 0.483. The van der Waals surface area contributed by atoms with Crippen LogP contribution < -0.4 is 10.3 Å². The van der Waals surface area contributed by atoms with Gasteiger partial charge >= 0.3 is 5.97 Å². The van der Waals surface area contributed by atoms with Gasteiger partial charge in [0.2, 0.25) is 0 Å². The van der Waals surface area contributed by atoms with Crippen LogP contribution in [-0.2, 0) is 17.7 Å². The first-order chi connectivity index (χ1) is 16.0. The normalized spacial score (nSPS) is 11.0. The maximum absolute atomic E-state index is 13.0. The van der Waals surface area contributed by atoms with Crippen LogP contribution in [0, 0.1) is 13.8 Å². The van der Waals surface area contributed by atoms with Gasteiger partial charge in [0.05, 0.1) is 24.9 Å². The van der Waals surface area contributed by atoms with Crippen LogP contribution in [0.4, 0.5) is 0 Å². The van der Waals surface area contributed by atoms with E-state index >= 15 is 0 Å². The van der Waals surface area contributed by atoms with Crippen LogP contribution in [0.2, 0.25) is 0 Å². The molecule has 0 aliphatic heterocycles. The number of hydrogen-bond acceptors (Lipinski definition) is 6. The van der Waals surface area contributed by atoms with Gasteiger partial charge in [0, 0.05) is 13.0 Å². The third-order valence-corrected chi connectivity index (χ3v) is 6.58. The Morgan fingerprint density at radius 3 is 2.55 bits per heavy atom. The first-order valence-electron chi connectivity index (χ1n) is 10.9. The Bertz CT molecular complexity index is 1290. The van der Waals surface area contributed by atoms with Gasteiger partial charge in [0.25, 0.3) is 5.56 Å². The second kappa shape index (κ2) is 10.4. The number of carbonyl (C=O) groups is 1. The van der Waals surface area contributed by atoms with E-state index in [-0.39, 0.29) is 12.2 Å². The number of benzene rings is 2. The average Bonchev–Trinajstić information content (AvgIpc) is 3.17. The Morgan fingerprint density at radius 2 is 1.79 bits per heavy atom. The predicted molar refractivity (Wildman–Crippen MR) is 130 cm³/mol. The van der Waals surface area contributed by atoms with Crippen molar-refractivity contribution < 1.29 is 14.3 Å². The summed E-state index contributed by atoms with van der Waals surface area (Å²) in [4.78, 5) is 31.0. The number of thiophene rings is 1. The van der Waals surface area contributed by atoms with Crippen LogP contribution in [0.1, 0.15) is 32.8 Å². The number of ether oxygens (including phenoxy) is 2. The number of fused-ring (bicyclic) bond motifs is 1. The van der Waals surface area contributed by atoms with E-state index in [0.29, 0.717) is 46.7 Å². The van der Waals surface area contributed by atoms with Gasteiger partial charge in [0.15, 0.2) is 0 Å². The lowest BCUT2D eigenvalue weighted by atomic mass is 10.2. The number of aryl methyl sites for hydroxylation is 3. The lowest BCUT2D eigenvalue weighted by Crippen LogP contribution is -2.21. The molecular weight excluding hydrogens is 436 g/mol. The summed E-state index contributed by atoms with van der Waals surface area (Å²) in [5.74, 6) is 0.398. The zero-order chi connectivity index (χ0) is 23.2. The molecule has 0 radical (unpaired) electrons. The number of rotatable bonds is 9. The Kier molecular flexibility index (Phi) is 7.19. The molecule has 0 aliphatic rings. The first kappa shape index (κ1) is 22.7. The number of nitrogens with zero attached hydrogens (tertiary/aromatic N) is 2. The highest BCUT2D eigenvalue weighted by Gasteiger charge is 2.20. The van der Waals surface area contributed by atoms with Gasteiger partial charge in [-0.25, -0.2) is 9.78 Å². The highest BCUT2D eigenvalue weighted by atomic mass is 32.1. The van der Waals surface area contributed by atoms with E-state index in [2.05, 4.69) is 4.98 Å². The fourth-order valence-electron chi connectivity index (χ4n) is 3.54. The molecule has 7 heteroatoms. The van der Waals surface area contributed by atoms with Crippen LogP contribution in [0.15, 0.2) is 65.7 Å². The zero-order valence-electron chi connectivity index (χ0n) is 18.7. The van der Waals surface area contributed by atoms with Gasteiger partial charge in [-0.2, -0.15) is 0 Å². The first-order valence-corrected chi connectivity index (χ1v) is 11.7. The summed E-state index contributed by atoms with van der Waals surface area (Å²) in [5.41, 5.74) is 2.77. The maximum Gasteiger partial charge on any atom is 0.348 e. The van der Waals surface area contributed by atoms with Gasteiger partial charge in [-0.15, -0.1) is 11.3 Å². The van der Waals surface area contributed by atoms with Gasteiger partial charge in [0.1, 0.15) is 15.5 Å². The fourth-order valence-corrected chi connectivity index (χ4v) is 4.58. The van der Waals surface area contributed by atoms with Crippen molar-refractivity contribution in [2.45, 2.75) is 33.2 Å². The van der Waals surface area contributed by atoms with E-state index < -0.39 is 5.97 Å². The van der Waals surface area contributed by atoms with Crippen molar-refractivity contribution in [3.05, 3.63) is 92.8 Å². The lowest BCUT2D eigenvalue weighted by Gasteiger charge is -2.08. The minimum Gasteiger partial charge on any atom is -0.494 e. The standard InChI is InChI=1S/C26H26N2O4S/c1-18-9-11-21(12-10-18)31-15-6-14-28-17-27-24-22(25(28)29)19(2)23(33-24)26(30)32-16-13-20-7-4-3-5-8-20/h3-5,7-12,17H,6,13-16H2,1-2H3. The van der Waals surface area contributed by atoms with Crippen LogP contribution in [-0.4, -0.2) is 28.7 Å². The molecule has 2 aromatic heterocycles. The molecule has 2 heterocycles. The average molecular weight is 463 g/mol. The molecule has 0 saturated carbocycles. The molecule has 0 unspecified atom stereocenters. The van der Waals surface area contributed by atoms with Crippen molar-refractivity contribution in [2.24, 2.45) is 0 Å². The molecule has 0 fully saturated rings. The van der Waals surface area contributed by atoms with Gasteiger partial charge in [-0.1, -0.05) is 48.0 Å². The Balaban J connectivity index is 1.38. The minimum absolute atomic E-state index is 0.146. The summed E-state index contributed by atoms with van der Waals surface area (Å²) in [6, 6.07) is 17.7. The molecule has 0 aliphatic carbocycles. The molecule has 0 N–H and O–H groups in total. The summed E-state index contributed by atoms with van der Waals surface area (Å²) >= 11 is 1.20. The van der Waals surface area contributed by atoms with E-state index in [0.717, 1.165) is 11.3 Å². The van der Waals surface area contributed by atoms with Crippen molar-refractivity contribution in [1.29, 1.82) is 0 Å². The van der Waals surface area contributed by atoms with Crippen molar-refractivity contribution in [1.82, 2.24) is 9.55 Å². The summed E-state index contributed by atoms with van der Waals surface area (Å²) in [7, 11) is 0. The maximum atomic E-state index is 13.0. The molecule has 33 heavy (non-hydrogen) atoms. The van der Waals surface area contributed by atoms with Crippen LogP contribution in [0.25, 0.3) is 10.2 Å². The number of aromatic nitrogens is 2. The van der Waals surface area contributed by atoms with Crippen molar-refractivity contribution in [3.8, 4) is 5.75 Å². The molecular formula is C26H26N2O4S. The largest absolute Gasteiger partial charge is 0.494 e. The second-order valence-electron chi connectivity index (χ2n) is 7.87. The quantitative estimate of drug-likeness (QED) is 0.260. The topological polar surface area (TPSA) is 70.4 Å². The molecule has 0 atom stereocenters. The van der Waals surface area contributed by atoms with E-state index in [9.17, 15) is 9.59 Å². The minimum atomic E-state index is -0.413. The van der Waals surface area contributed by atoms with E-state index in [4.69, 9.17) is 9.47 Å². The number of carbonyl (C=O) groups excluding carboxylic acids is 1. The molecule has 4 rings (SSSR count). The van der Waals surface area contributed by atoms with E-state index in [1.165, 1.54) is 23.2 Å². The summed E-state index contributed by atoms with van der Waals surface area (Å²) in [6.07, 6.45) is 2.85. The number of hydrogen-bond donors (Lipinski definition) is 0. The lowest BCUT2D eigenvalue weighted by molar-refractivity contribution is 0.0514. The molecule has 4 aromatic rings. The molecule has 0 spiro atoms. The van der Waals surface area contributed by atoms with Gasteiger partial charge in [-0.05, 0) is 43.5 Å². The second-order valence-corrected chi connectivity index (χ2v) is 8.87. The molecule has 170 valence electrons. The van der Waals surface area contributed by atoms with Crippen molar-refractivity contribution >= 4 is 27.5 Å². The zero-order valence-corrected chi connectivity index (χ0v) is 19.6. The third kappa shape index (κ3) is 5.49. The van der Waals surface area contributed by atoms with Crippen LogP contribution in [0.3, 0.4) is 0 Å². The Morgan fingerprint density at radius 1 is 1.03 bits per heavy atom. The van der Waals surface area contributed by atoms with Gasteiger partial charge in [-0.3, -0.25) is 9.36 Å².